The number of thiazole rings is 1. The Morgan fingerprint density at radius 1 is 1.16 bits per heavy atom. The number of hydrogen-bond acceptors (Lipinski definition) is 5. The van der Waals surface area contributed by atoms with E-state index in [1.165, 1.54) is 11.3 Å². The van der Waals surface area contributed by atoms with Crippen LogP contribution in [0.5, 0.6) is 0 Å². The first-order valence-electron chi connectivity index (χ1n) is 7.88. The number of anilines is 1. The van der Waals surface area contributed by atoms with Gasteiger partial charge >= 0.3 is 0 Å². The van der Waals surface area contributed by atoms with Gasteiger partial charge in [0.05, 0.1) is 18.9 Å². The van der Waals surface area contributed by atoms with Gasteiger partial charge in [0.1, 0.15) is 0 Å². The Hall–Kier alpha value is -1.15. The summed E-state index contributed by atoms with van der Waals surface area (Å²) in [4.78, 5) is 22.3. The Kier molecular flexibility index (Phi) is 4.75. The van der Waals surface area contributed by atoms with Gasteiger partial charge in [-0.2, -0.15) is 0 Å². The van der Waals surface area contributed by atoms with Crippen molar-refractivity contribution in [1.29, 1.82) is 0 Å². The van der Waals surface area contributed by atoms with Gasteiger partial charge in [-0.05, 0) is 52.7 Å². The van der Waals surface area contributed by atoms with E-state index >= 15 is 0 Å². The number of carbonyl (C=O) groups is 1. The Morgan fingerprint density at radius 2 is 1.92 bits per heavy atom. The minimum absolute atomic E-state index is 0.113. The molecule has 1 aliphatic rings. The van der Waals surface area contributed by atoms with E-state index in [0.29, 0.717) is 13.1 Å². The maximum absolute atomic E-state index is 12.5. The van der Waals surface area contributed by atoms with Gasteiger partial charge in [0.2, 0.25) is 0 Å². The van der Waals surface area contributed by atoms with Crippen LogP contribution in [0.15, 0.2) is 28.1 Å². The highest BCUT2D eigenvalue weighted by atomic mass is 79.9. The van der Waals surface area contributed by atoms with Crippen LogP contribution in [-0.4, -0.2) is 42.0 Å². The maximum Gasteiger partial charge on any atom is 0.264 e. The summed E-state index contributed by atoms with van der Waals surface area (Å²) in [7, 11) is 0. The molecule has 0 aliphatic carbocycles. The molecule has 0 N–H and O–H groups in total. The van der Waals surface area contributed by atoms with Crippen molar-refractivity contribution in [3.8, 4) is 0 Å². The van der Waals surface area contributed by atoms with Crippen molar-refractivity contribution < 1.29 is 4.79 Å². The van der Waals surface area contributed by atoms with Gasteiger partial charge in [0.15, 0.2) is 5.13 Å². The Morgan fingerprint density at radius 3 is 2.60 bits per heavy atom. The van der Waals surface area contributed by atoms with E-state index in [1.54, 1.807) is 11.3 Å². The van der Waals surface area contributed by atoms with Crippen molar-refractivity contribution >= 4 is 71.5 Å². The Labute approximate surface area is 167 Å². The number of aromatic nitrogens is 1. The first-order chi connectivity index (χ1) is 12.0. The number of amides is 1. The molecule has 0 bridgehead atoms. The zero-order chi connectivity index (χ0) is 17.6. The fourth-order valence-electron chi connectivity index (χ4n) is 2.91. The molecule has 1 fully saturated rings. The van der Waals surface area contributed by atoms with Crippen LogP contribution < -0.4 is 4.90 Å². The van der Waals surface area contributed by atoms with Gasteiger partial charge in [-0.25, -0.2) is 4.98 Å². The normalized spacial score (nSPS) is 15.2. The quantitative estimate of drug-likeness (QED) is 0.542. The van der Waals surface area contributed by atoms with E-state index in [4.69, 9.17) is 16.6 Å². The predicted molar refractivity (Wildman–Crippen MR) is 110 cm³/mol. The molecule has 4 rings (SSSR count). The summed E-state index contributed by atoms with van der Waals surface area (Å²) < 4.78 is 2.14. The average molecular weight is 457 g/mol. The van der Waals surface area contributed by atoms with E-state index < -0.39 is 0 Å². The van der Waals surface area contributed by atoms with Gasteiger partial charge in [0, 0.05) is 31.2 Å². The van der Waals surface area contributed by atoms with Gasteiger partial charge in [0.25, 0.3) is 5.91 Å². The molecular formula is C17H15BrClN3OS2. The molecule has 3 heterocycles. The molecule has 2 aromatic heterocycles. The van der Waals surface area contributed by atoms with Crippen LogP contribution in [0.4, 0.5) is 5.13 Å². The Balaban J connectivity index is 1.48. The summed E-state index contributed by atoms with van der Waals surface area (Å²) >= 11 is 12.8. The average Bonchev–Trinajstić information content (AvgIpc) is 3.24. The number of halogens is 2. The van der Waals surface area contributed by atoms with E-state index in [-0.39, 0.29) is 5.91 Å². The molecule has 1 amide bonds. The third-order valence-corrected chi connectivity index (χ3v) is 7.46. The highest BCUT2D eigenvalue weighted by molar-refractivity contribution is 9.11. The first-order valence-corrected chi connectivity index (χ1v) is 10.7. The second kappa shape index (κ2) is 6.87. The molecule has 0 radical (unpaired) electrons. The maximum atomic E-state index is 12.5. The van der Waals surface area contributed by atoms with Crippen molar-refractivity contribution in [2.45, 2.75) is 6.92 Å². The third-order valence-electron chi connectivity index (χ3n) is 4.36. The van der Waals surface area contributed by atoms with E-state index in [0.717, 1.165) is 47.7 Å². The van der Waals surface area contributed by atoms with Crippen LogP contribution in [0.3, 0.4) is 0 Å². The zero-order valence-corrected chi connectivity index (χ0v) is 17.4. The first kappa shape index (κ1) is 17.3. The van der Waals surface area contributed by atoms with Crippen molar-refractivity contribution in [1.82, 2.24) is 9.88 Å². The molecule has 3 aromatic rings. The van der Waals surface area contributed by atoms with Crippen molar-refractivity contribution in [3.05, 3.63) is 43.5 Å². The summed E-state index contributed by atoms with van der Waals surface area (Å²) in [6.07, 6.45) is 0. The van der Waals surface area contributed by atoms with Crippen molar-refractivity contribution in [2.75, 3.05) is 31.1 Å². The SMILES string of the molecule is Cc1c(Cl)ccc2sc(N3CCN(C(=O)c4ccc(Br)s4)CC3)nc12. The molecule has 4 nitrogen and oxygen atoms in total. The molecule has 0 atom stereocenters. The highest BCUT2D eigenvalue weighted by Gasteiger charge is 2.25. The van der Waals surface area contributed by atoms with E-state index in [2.05, 4.69) is 20.8 Å². The number of piperazine rings is 1. The lowest BCUT2D eigenvalue weighted by molar-refractivity contribution is 0.0751. The number of thiophene rings is 1. The van der Waals surface area contributed by atoms with Gasteiger partial charge in [-0.3, -0.25) is 4.79 Å². The lowest BCUT2D eigenvalue weighted by atomic mass is 10.2. The van der Waals surface area contributed by atoms with Gasteiger partial charge < -0.3 is 9.80 Å². The summed E-state index contributed by atoms with van der Waals surface area (Å²) in [5.74, 6) is 0.113. The summed E-state index contributed by atoms with van der Waals surface area (Å²) in [6, 6.07) is 7.75. The molecule has 1 saturated heterocycles. The predicted octanol–water partition coefficient (Wildman–Crippen LogP) is 5.04. The smallest absolute Gasteiger partial charge is 0.264 e. The minimum Gasteiger partial charge on any atom is -0.345 e. The zero-order valence-electron chi connectivity index (χ0n) is 13.5. The second-order valence-corrected chi connectivity index (χ2v) is 9.78. The monoisotopic (exact) mass is 455 g/mol. The molecule has 0 unspecified atom stereocenters. The topological polar surface area (TPSA) is 36.4 Å². The largest absolute Gasteiger partial charge is 0.345 e. The molecule has 1 aromatic carbocycles. The third kappa shape index (κ3) is 3.30. The summed E-state index contributed by atoms with van der Waals surface area (Å²) in [5, 5.41) is 1.76. The molecular weight excluding hydrogens is 442 g/mol. The number of fused-ring (bicyclic) bond motifs is 1. The van der Waals surface area contributed by atoms with Crippen LogP contribution >= 0.6 is 50.2 Å². The van der Waals surface area contributed by atoms with E-state index in [1.807, 2.05) is 36.1 Å². The fourth-order valence-corrected chi connectivity index (χ4v) is 5.49. The van der Waals surface area contributed by atoms with Crippen LogP contribution in [0.2, 0.25) is 5.02 Å². The number of nitrogens with zero attached hydrogens (tertiary/aromatic N) is 3. The lowest BCUT2D eigenvalue weighted by Crippen LogP contribution is -2.48. The molecule has 130 valence electrons. The van der Waals surface area contributed by atoms with Crippen LogP contribution in [0.25, 0.3) is 10.2 Å². The number of carbonyl (C=O) groups excluding carboxylic acids is 1. The van der Waals surface area contributed by atoms with Crippen LogP contribution in [0.1, 0.15) is 15.2 Å². The second-order valence-electron chi connectivity index (χ2n) is 5.90. The molecule has 8 heteroatoms. The molecule has 0 saturated carbocycles. The standard InChI is InChI=1S/C17H15BrClN3OS2/c1-10-11(19)2-3-12-15(10)20-17(25-12)22-8-6-21(7-9-22)16(23)13-4-5-14(18)24-13/h2-5H,6-9H2,1H3. The fraction of sp³-hybridized carbons (Fsp3) is 0.294. The van der Waals surface area contributed by atoms with Crippen LogP contribution in [-0.2, 0) is 0 Å². The number of rotatable bonds is 2. The number of hydrogen-bond donors (Lipinski definition) is 0. The summed E-state index contributed by atoms with van der Waals surface area (Å²) in [5.41, 5.74) is 2.01. The summed E-state index contributed by atoms with van der Waals surface area (Å²) in [6.45, 7) is 5.02. The Bertz CT molecular complexity index is 947. The van der Waals surface area contributed by atoms with Crippen molar-refractivity contribution in [2.24, 2.45) is 0 Å². The minimum atomic E-state index is 0.113. The molecule has 25 heavy (non-hydrogen) atoms. The molecule has 0 spiro atoms. The number of aryl methyl sites for hydroxylation is 1. The lowest BCUT2D eigenvalue weighted by Gasteiger charge is -2.34. The van der Waals surface area contributed by atoms with Crippen molar-refractivity contribution in [3.63, 3.8) is 0 Å². The van der Waals surface area contributed by atoms with Crippen LogP contribution in [0, 0.1) is 6.92 Å². The number of benzene rings is 1. The van der Waals surface area contributed by atoms with Gasteiger partial charge in [-0.1, -0.05) is 22.9 Å². The highest BCUT2D eigenvalue weighted by Crippen LogP contribution is 2.34. The molecule has 1 aliphatic heterocycles. The van der Waals surface area contributed by atoms with Gasteiger partial charge in [-0.15, -0.1) is 11.3 Å². The van der Waals surface area contributed by atoms with E-state index in [9.17, 15) is 4.79 Å².